The van der Waals surface area contributed by atoms with Crippen molar-refractivity contribution in [3.63, 3.8) is 0 Å². The van der Waals surface area contributed by atoms with Crippen LogP contribution < -0.4 is 0 Å². The number of rotatable bonds is 8. The average molecular weight is 305 g/mol. The first-order chi connectivity index (χ1) is 8.42. The van der Waals surface area contributed by atoms with Crippen LogP contribution >= 0.6 is 0 Å². The molecule has 5 heteroatoms. The Morgan fingerprint density at radius 3 is 1.84 bits per heavy atom. The number of hydrogen-bond acceptors (Lipinski definition) is 2. The summed E-state index contributed by atoms with van der Waals surface area (Å²) in [6.07, 6.45) is 2.24. The van der Waals surface area contributed by atoms with Gasteiger partial charge in [0.15, 0.2) is 8.32 Å². The largest absolute Gasteiger partial charge is 0.481 e. The Bertz CT molecular complexity index is 305. The second-order valence-electron chi connectivity index (χ2n) is 7.40. The van der Waals surface area contributed by atoms with E-state index in [1.54, 1.807) is 0 Å². The van der Waals surface area contributed by atoms with E-state index in [9.17, 15) is 9.90 Å². The summed E-state index contributed by atoms with van der Waals surface area (Å²) in [4.78, 5) is 12.1. The van der Waals surface area contributed by atoms with E-state index in [2.05, 4.69) is 53.1 Å². The number of carboxylic acid groups (broad SMARTS) is 1. The highest BCUT2D eigenvalue weighted by Crippen LogP contribution is 2.49. The van der Waals surface area contributed by atoms with Crippen molar-refractivity contribution >= 4 is 22.4 Å². The molecule has 114 valence electrons. The fourth-order valence-corrected chi connectivity index (χ4v) is 7.15. The van der Waals surface area contributed by atoms with Crippen molar-refractivity contribution in [1.29, 1.82) is 0 Å². The number of carbonyl (C=O) groups is 1. The lowest BCUT2D eigenvalue weighted by Gasteiger charge is -2.47. The van der Waals surface area contributed by atoms with E-state index in [1.165, 1.54) is 0 Å². The number of carboxylic acids is 1. The van der Waals surface area contributed by atoms with Crippen molar-refractivity contribution in [2.24, 2.45) is 0 Å². The molecule has 0 aliphatic heterocycles. The van der Waals surface area contributed by atoms with Crippen molar-refractivity contribution in [2.45, 2.75) is 83.5 Å². The van der Waals surface area contributed by atoms with Crippen LogP contribution in [0.1, 0.15) is 33.1 Å². The third-order valence-electron chi connectivity index (χ3n) is 3.78. The predicted molar refractivity (Wildman–Crippen MR) is 87.1 cm³/mol. The first-order valence-corrected chi connectivity index (χ1v) is 14.2. The molecule has 0 saturated heterocycles. The minimum atomic E-state index is -1.91. The van der Waals surface area contributed by atoms with Crippen LogP contribution in [0.3, 0.4) is 0 Å². The fourth-order valence-electron chi connectivity index (χ4n) is 2.94. The molecule has 0 rings (SSSR count). The molecule has 0 spiro atoms. The molecule has 0 aromatic rings. The SMILES string of the molecule is CCCC(C(=O)O)(C(CC)O[Si](C)(C)C)[Si](C)(C)C. The molecule has 0 aliphatic rings. The van der Waals surface area contributed by atoms with Crippen LogP contribution in [-0.4, -0.2) is 33.6 Å². The molecule has 0 amide bonds. The van der Waals surface area contributed by atoms with Crippen LogP contribution in [0.2, 0.25) is 44.3 Å². The maximum Gasteiger partial charge on any atom is 0.309 e. The zero-order valence-corrected chi connectivity index (χ0v) is 16.0. The van der Waals surface area contributed by atoms with Crippen LogP contribution in [0.4, 0.5) is 0 Å². The summed E-state index contributed by atoms with van der Waals surface area (Å²) in [7, 11) is -3.65. The van der Waals surface area contributed by atoms with Crippen molar-refractivity contribution < 1.29 is 14.3 Å². The lowest BCUT2D eigenvalue weighted by atomic mass is 9.94. The highest BCUT2D eigenvalue weighted by atomic mass is 28.4. The summed E-state index contributed by atoms with van der Waals surface area (Å²) < 4.78 is 6.29. The van der Waals surface area contributed by atoms with Gasteiger partial charge < -0.3 is 9.53 Å². The Hall–Kier alpha value is -0.136. The Labute approximate surface area is 120 Å². The molecule has 0 saturated carbocycles. The highest BCUT2D eigenvalue weighted by molar-refractivity contribution is 6.82. The quantitative estimate of drug-likeness (QED) is 0.668. The van der Waals surface area contributed by atoms with Gasteiger partial charge in [-0.1, -0.05) is 39.9 Å². The van der Waals surface area contributed by atoms with Gasteiger partial charge in [-0.25, -0.2) is 0 Å². The van der Waals surface area contributed by atoms with Gasteiger partial charge in [0.05, 0.1) is 19.2 Å². The smallest absolute Gasteiger partial charge is 0.309 e. The summed E-state index contributed by atoms with van der Waals surface area (Å²) >= 11 is 0. The first kappa shape index (κ1) is 18.9. The van der Waals surface area contributed by atoms with Crippen LogP contribution in [-0.2, 0) is 9.22 Å². The molecule has 19 heavy (non-hydrogen) atoms. The fraction of sp³-hybridized carbons (Fsp3) is 0.929. The molecule has 0 aromatic carbocycles. The third-order valence-corrected chi connectivity index (χ3v) is 8.23. The van der Waals surface area contributed by atoms with E-state index in [0.29, 0.717) is 0 Å². The summed E-state index contributed by atoms with van der Waals surface area (Å²) in [6, 6.07) is 0. The molecule has 3 nitrogen and oxygen atoms in total. The van der Waals surface area contributed by atoms with Gasteiger partial charge in [0.25, 0.3) is 0 Å². The lowest BCUT2D eigenvalue weighted by molar-refractivity contribution is -0.144. The van der Waals surface area contributed by atoms with Crippen molar-refractivity contribution in [2.75, 3.05) is 0 Å². The highest BCUT2D eigenvalue weighted by Gasteiger charge is 2.55. The number of hydrogen-bond donors (Lipinski definition) is 1. The molecule has 0 radical (unpaired) electrons. The minimum absolute atomic E-state index is 0.150. The van der Waals surface area contributed by atoms with Crippen molar-refractivity contribution in [1.82, 2.24) is 0 Å². The third kappa shape index (κ3) is 4.43. The van der Waals surface area contributed by atoms with Gasteiger partial charge in [-0.15, -0.1) is 0 Å². The molecular formula is C14H32O3Si2. The Morgan fingerprint density at radius 2 is 1.63 bits per heavy atom. The summed E-state index contributed by atoms with van der Waals surface area (Å²) in [5.74, 6) is -0.654. The molecule has 0 aromatic heterocycles. The zero-order valence-electron chi connectivity index (χ0n) is 14.0. The van der Waals surface area contributed by atoms with E-state index in [0.717, 1.165) is 19.3 Å². The van der Waals surface area contributed by atoms with Gasteiger partial charge in [-0.3, -0.25) is 4.79 Å². The van der Waals surface area contributed by atoms with Crippen molar-refractivity contribution in [3.05, 3.63) is 0 Å². The van der Waals surface area contributed by atoms with E-state index in [-0.39, 0.29) is 6.10 Å². The Morgan fingerprint density at radius 1 is 1.16 bits per heavy atom. The molecule has 0 fully saturated rings. The van der Waals surface area contributed by atoms with Crippen LogP contribution in [0.25, 0.3) is 0 Å². The molecule has 2 unspecified atom stereocenters. The normalized spacial score (nSPS) is 17.9. The molecule has 0 bridgehead atoms. The monoisotopic (exact) mass is 304 g/mol. The van der Waals surface area contributed by atoms with Crippen molar-refractivity contribution in [3.8, 4) is 0 Å². The second kappa shape index (κ2) is 6.54. The number of aliphatic carboxylic acids is 1. The van der Waals surface area contributed by atoms with Gasteiger partial charge >= 0.3 is 5.97 Å². The van der Waals surface area contributed by atoms with Gasteiger partial charge in [0, 0.05) is 0 Å². The molecule has 2 atom stereocenters. The molecule has 0 aliphatic carbocycles. The summed E-state index contributed by atoms with van der Waals surface area (Å²) in [6.45, 7) is 17.0. The lowest BCUT2D eigenvalue weighted by Crippen LogP contribution is -2.55. The summed E-state index contributed by atoms with van der Waals surface area (Å²) in [5.41, 5.74) is 0. The van der Waals surface area contributed by atoms with E-state index < -0.39 is 27.4 Å². The maximum atomic E-state index is 12.1. The van der Waals surface area contributed by atoms with Gasteiger partial charge in [0.2, 0.25) is 0 Å². The average Bonchev–Trinajstić information content (AvgIpc) is 2.19. The Balaban J connectivity index is 5.72. The van der Waals surface area contributed by atoms with E-state index >= 15 is 0 Å². The summed E-state index contributed by atoms with van der Waals surface area (Å²) in [5, 5.41) is 9.29. The van der Waals surface area contributed by atoms with Crippen LogP contribution in [0.5, 0.6) is 0 Å². The van der Waals surface area contributed by atoms with Gasteiger partial charge in [-0.05, 0) is 32.5 Å². The minimum Gasteiger partial charge on any atom is -0.481 e. The van der Waals surface area contributed by atoms with Gasteiger partial charge in [0.1, 0.15) is 0 Å². The maximum absolute atomic E-state index is 12.1. The standard InChI is InChI=1S/C14H32O3Si2/c1-9-11-14(13(15)16,18(3,4)5)12(10-2)17-19(6,7)8/h12H,9-11H2,1-8H3,(H,15,16). The zero-order chi connectivity index (χ0) is 15.5. The molecule has 1 N–H and O–H groups in total. The Kier molecular flexibility index (Phi) is 6.50. The second-order valence-corrected chi connectivity index (χ2v) is 17.3. The topological polar surface area (TPSA) is 46.5 Å². The van der Waals surface area contributed by atoms with Crippen LogP contribution in [0, 0.1) is 0 Å². The molecular weight excluding hydrogens is 272 g/mol. The van der Waals surface area contributed by atoms with E-state index in [1.807, 2.05) is 0 Å². The predicted octanol–water partition coefficient (Wildman–Crippen LogP) is 4.58. The molecule has 0 heterocycles. The van der Waals surface area contributed by atoms with Crippen LogP contribution in [0.15, 0.2) is 0 Å². The first-order valence-electron chi connectivity index (χ1n) is 7.33. The van der Waals surface area contributed by atoms with Gasteiger partial charge in [-0.2, -0.15) is 0 Å². The van der Waals surface area contributed by atoms with E-state index in [4.69, 9.17) is 4.43 Å².